The third kappa shape index (κ3) is 2.09. The Morgan fingerprint density at radius 2 is 2.13 bits per heavy atom. The molecule has 0 fully saturated rings. The van der Waals surface area contributed by atoms with Crippen molar-refractivity contribution in [1.29, 1.82) is 0 Å². The molecule has 0 radical (unpaired) electrons. The highest BCUT2D eigenvalue weighted by Gasteiger charge is 2.32. The molecule has 0 unspecified atom stereocenters. The van der Waals surface area contributed by atoms with Crippen molar-refractivity contribution in [3.05, 3.63) is 18.0 Å². The van der Waals surface area contributed by atoms with E-state index in [9.17, 15) is 4.79 Å². The SMILES string of the molecule is CCn1nccc1C(=O)C(C)(C)N(C)C. The van der Waals surface area contributed by atoms with Gasteiger partial charge in [0.1, 0.15) is 5.69 Å². The zero-order valence-corrected chi connectivity index (χ0v) is 10.1. The molecule has 1 aromatic heterocycles. The van der Waals surface area contributed by atoms with Crippen molar-refractivity contribution in [2.45, 2.75) is 32.9 Å². The first kappa shape index (κ1) is 11.9. The summed E-state index contributed by atoms with van der Waals surface area (Å²) in [5, 5.41) is 4.11. The Bertz CT molecular complexity index is 352. The van der Waals surface area contributed by atoms with Gasteiger partial charge in [-0.1, -0.05) is 0 Å². The van der Waals surface area contributed by atoms with Gasteiger partial charge in [-0.15, -0.1) is 0 Å². The standard InChI is InChI=1S/C11H19N3O/c1-6-14-9(7-8-12-14)10(15)11(2,3)13(4)5/h7-8H,6H2,1-5H3. The molecule has 0 atom stereocenters. The van der Waals surface area contributed by atoms with Crippen molar-refractivity contribution < 1.29 is 4.79 Å². The van der Waals surface area contributed by atoms with E-state index < -0.39 is 5.54 Å². The van der Waals surface area contributed by atoms with Crippen LogP contribution in [0.1, 0.15) is 31.3 Å². The number of aromatic nitrogens is 2. The second kappa shape index (κ2) is 4.14. The minimum Gasteiger partial charge on any atom is -0.297 e. The number of Topliss-reactive ketones (excluding diaryl/α,β-unsaturated/α-hetero) is 1. The van der Waals surface area contributed by atoms with Gasteiger partial charge < -0.3 is 0 Å². The summed E-state index contributed by atoms with van der Waals surface area (Å²) in [6.45, 7) is 6.54. The lowest BCUT2D eigenvalue weighted by Crippen LogP contribution is -2.46. The molecule has 0 aliphatic heterocycles. The fourth-order valence-electron chi connectivity index (χ4n) is 1.29. The van der Waals surface area contributed by atoms with Gasteiger partial charge in [0, 0.05) is 12.7 Å². The molecule has 1 aromatic rings. The van der Waals surface area contributed by atoms with Crippen LogP contribution in [0.2, 0.25) is 0 Å². The second-order valence-electron chi connectivity index (χ2n) is 4.31. The van der Waals surface area contributed by atoms with Crippen molar-refractivity contribution in [1.82, 2.24) is 14.7 Å². The van der Waals surface area contributed by atoms with Crippen LogP contribution >= 0.6 is 0 Å². The van der Waals surface area contributed by atoms with Crippen LogP contribution in [-0.4, -0.2) is 40.1 Å². The van der Waals surface area contributed by atoms with Gasteiger partial charge in [0.15, 0.2) is 5.78 Å². The predicted molar refractivity (Wildman–Crippen MR) is 60.0 cm³/mol. The monoisotopic (exact) mass is 209 g/mol. The van der Waals surface area contributed by atoms with Crippen molar-refractivity contribution in [3.63, 3.8) is 0 Å². The predicted octanol–water partition coefficient (Wildman–Crippen LogP) is 1.43. The van der Waals surface area contributed by atoms with E-state index in [1.54, 1.807) is 16.9 Å². The highest BCUT2D eigenvalue weighted by atomic mass is 16.1. The zero-order valence-electron chi connectivity index (χ0n) is 10.1. The molecule has 84 valence electrons. The van der Waals surface area contributed by atoms with E-state index in [0.717, 1.165) is 6.54 Å². The molecule has 1 heterocycles. The van der Waals surface area contributed by atoms with E-state index in [-0.39, 0.29) is 5.78 Å². The van der Waals surface area contributed by atoms with Gasteiger partial charge in [-0.2, -0.15) is 5.10 Å². The second-order valence-corrected chi connectivity index (χ2v) is 4.31. The van der Waals surface area contributed by atoms with Crippen LogP contribution in [0.3, 0.4) is 0 Å². The Morgan fingerprint density at radius 3 is 2.60 bits per heavy atom. The largest absolute Gasteiger partial charge is 0.297 e. The Balaban J connectivity index is 3.04. The number of hydrogen-bond donors (Lipinski definition) is 0. The Labute approximate surface area is 90.9 Å². The molecule has 0 bridgehead atoms. The van der Waals surface area contributed by atoms with Crippen LogP contribution in [0.4, 0.5) is 0 Å². The molecule has 0 N–H and O–H groups in total. The number of nitrogens with zero attached hydrogens (tertiary/aromatic N) is 3. The van der Waals surface area contributed by atoms with Crippen LogP contribution in [0.25, 0.3) is 0 Å². The van der Waals surface area contributed by atoms with Crippen molar-refractivity contribution in [3.8, 4) is 0 Å². The number of ketones is 1. The lowest BCUT2D eigenvalue weighted by atomic mass is 9.95. The van der Waals surface area contributed by atoms with E-state index in [1.807, 2.05) is 39.8 Å². The summed E-state index contributed by atoms with van der Waals surface area (Å²) in [5.41, 5.74) is 0.184. The average Bonchev–Trinajstić information content (AvgIpc) is 2.63. The van der Waals surface area contributed by atoms with Gasteiger partial charge in [0.25, 0.3) is 0 Å². The van der Waals surface area contributed by atoms with Crippen molar-refractivity contribution in [2.75, 3.05) is 14.1 Å². The zero-order chi connectivity index (χ0) is 11.6. The lowest BCUT2D eigenvalue weighted by Gasteiger charge is -2.30. The van der Waals surface area contributed by atoms with Gasteiger partial charge >= 0.3 is 0 Å². The minimum atomic E-state index is -0.493. The van der Waals surface area contributed by atoms with E-state index in [1.165, 1.54) is 0 Å². The number of hydrogen-bond acceptors (Lipinski definition) is 3. The Morgan fingerprint density at radius 1 is 1.53 bits per heavy atom. The van der Waals surface area contributed by atoms with E-state index in [2.05, 4.69) is 5.10 Å². The molecule has 0 aromatic carbocycles. The molecule has 4 heteroatoms. The Hall–Kier alpha value is -1.16. The molecule has 0 aliphatic carbocycles. The lowest BCUT2D eigenvalue weighted by molar-refractivity contribution is 0.0743. The summed E-state index contributed by atoms with van der Waals surface area (Å²) in [7, 11) is 3.81. The fourth-order valence-corrected chi connectivity index (χ4v) is 1.29. The van der Waals surface area contributed by atoms with Crippen LogP contribution in [0.5, 0.6) is 0 Å². The van der Waals surface area contributed by atoms with Gasteiger partial charge in [0.2, 0.25) is 0 Å². The normalized spacial score (nSPS) is 12.1. The smallest absolute Gasteiger partial charge is 0.200 e. The summed E-state index contributed by atoms with van der Waals surface area (Å²) >= 11 is 0. The maximum absolute atomic E-state index is 12.2. The molecule has 0 saturated carbocycles. The summed E-state index contributed by atoms with van der Waals surface area (Å²) in [6, 6.07) is 1.77. The topological polar surface area (TPSA) is 38.1 Å². The van der Waals surface area contributed by atoms with E-state index in [4.69, 9.17) is 0 Å². The highest BCUT2D eigenvalue weighted by Crippen LogP contribution is 2.17. The van der Waals surface area contributed by atoms with Crippen LogP contribution < -0.4 is 0 Å². The van der Waals surface area contributed by atoms with Gasteiger partial charge in [-0.3, -0.25) is 14.4 Å². The van der Waals surface area contributed by atoms with Crippen molar-refractivity contribution in [2.24, 2.45) is 0 Å². The number of likely N-dealkylation sites (N-methyl/N-ethyl adjacent to an activating group) is 1. The summed E-state index contributed by atoms with van der Waals surface area (Å²) < 4.78 is 1.73. The third-order valence-corrected chi connectivity index (χ3v) is 2.92. The first-order valence-electron chi connectivity index (χ1n) is 5.15. The molecule has 0 spiro atoms. The van der Waals surface area contributed by atoms with Crippen molar-refractivity contribution >= 4 is 5.78 Å². The highest BCUT2D eigenvalue weighted by molar-refractivity contribution is 6.01. The third-order valence-electron chi connectivity index (χ3n) is 2.92. The number of carbonyl (C=O) groups excluding carboxylic acids is 1. The Kier molecular flexibility index (Phi) is 3.29. The maximum Gasteiger partial charge on any atom is 0.200 e. The maximum atomic E-state index is 12.2. The van der Waals surface area contributed by atoms with Gasteiger partial charge in [-0.05, 0) is 40.9 Å². The number of rotatable bonds is 4. The summed E-state index contributed by atoms with van der Waals surface area (Å²) in [4.78, 5) is 14.2. The first-order valence-corrected chi connectivity index (χ1v) is 5.15. The minimum absolute atomic E-state index is 0.104. The quantitative estimate of drug-likeness (QED) is 0.704. The fraction of sp³-hybridized carbons (Fsp3) is 0.636. The summed E-state index contributed by atoms with van der Waals surface area (Å²) in [6.07, 6.45) is 1.67. The number of aryl methyl sites for hydroxylation is 1. The molecular weight excluding hydrogens is 190 g/mol. The average molecular weight is 209 g/mol. The molecule has 0 amide bonds. The van der Waals surface area contributed by atoms with E-state index >= 15 is 0 Å². The molecule has 0 aliphatic rings. The van der Waals surface area contributed by atoms with Crippen LogP contribution in [-0.2, 0) is 6.54 Å². The van der Waals surface area contributed by atoms with Crippen LogP contribution in [0, 0.1) is 0 Å². The van der Waals surface area contributed by atoms with Gasteiger partial charge in [0.05, 0.1) is 5.54 Å². The summed E-state index contributed by atoms with van der Waals surface area (Å²) in [5.74, 6) is 0.104. The molecule has 4 nitrogen and oxygen atoms in total. The first-order chi connectivity index (χ1) is 6.91. The molecular formula is C11H19N3O. The molecule has 1 rings (SSSR count). The molecule has 15 heavy (non-hydrogen) atoms. The van der Waals surface area contributed by atoms with Gasteiger partial charge in [-0.25, -0.2) is 0 Å². The van der Waals surface area contributed by atoms with Crippen LogP contribution in [0.15, 0.2) is 12.3 Å². The number of carbonyl (C=O) groups is 1. The van der Waals surface area contributed by atoms with E-state index in [0.29, 0.717) is 5.69 Å². The molecule has 0 saturated heterocycles.